The lowest BCUT2D eigenvalue weighted by atomic mass is 10.1. The molecule has 17 heavy (non-hydrogen) atoms. The first-order chi connectivity index (χ1) is 8.15. The third kappa shape index (κ3) is 3.56. The maximum Gasteiger partial charge on any atom is 0.317 e. The Labute approximate surface area is 102 Å². The number of hydrogen-bond donors (Lipinski definition) is 1. The van der Waals surface area contributed by atoms with Crippen LogP contribution in [0.1, 0.15) is 25.7 Å². The average molecular weight is 243 g/mol. The Morgan fingerprint density at radius 2 is 1.71 bits per heavy atom. The van der Waals surface area contributed by atoms with E-state index < -0.39 is 6.17 Å². The summed E-state index contributed by atoms with van der Waals surface area (Å²) in [5, 5.41) is 3.06. The van der Waals surface area contributed by atoms with Crippen LogP contribution in [-0.4, -0.2) is 61.3 Å². The third-order valence-corrected chi connectivity index (χ3v) is 3.76. The zero-order chi connectivity index (χ0) is 12.3. The minimum atomic E-state index is -0.720. The molecule has 0 radical (unpaired) electrons. The fourth-order valence-electron chi connectivity index (χ4n) is 2.47. The Balaban J connectivity index is 1.73. The quantitative estimate of drug-likeness (QED) is 0.751. The lowest BCUT2D eigenvalue weighted by Gasteiger charge is -2.33. The van der Waals surface area contributed by atoms with Gasteiger partial charge in [-0.2, -0.15) is 0 Å². The maximum absolute atomic E-state index is 13.0. The molecule has 0 unspecified atom stereocenters. The van der Waals surface area contributed by atoms with Gasteiger partial charge in [-0.1, -0.05) is 0 Å². The smallest absolute Gasteiger partial charge is 0.317 e. The van der Waals surface area contributed by atoms with Crippen LogP contribution in [0.15, 0.2) is 0 Å². The van der Waals surface area contributed by atoms with Gasteiger partial charge in [-0.05, 0) is 45.8 Å². The number of alkyl halides is 1. The Morgan fingerprint density at radius 1 is 1.12 bits per heavy atom. The lowest BCUT2D eigenvalue weighted by molar-refractivity contribution is 0.145. The van der Waals surface area contributed by atoms with Gasteiger partial charge in [-0.25, -0.2) is 9.18 Å². The molecule has 2 fully saturated rings. The van der Waals surface area contributed by atoms with Gasteiger partial charge in [0, 0.05) is 19.1 Å². The Bertz CT molecular complexity index is 258. The van der Waals surface area contributed by atoms with Crippen molar-refractivity contribution >= 4 is 6.03 Å². The van der Waals surface area contributed by atoms with Crippen molar-refractivity contribution < 1.29 is 9.18 Å². The molecule has 5 heteroatoms. The molecule has 0 aromatic carbocycles. The first-order valence-electron chi connectivity index (χ1n) is 6.53. The standard InChI is InChI=1S/C12H22FN3O/c1-15-6-4-11(5-7-15)14-12(17)16-8-2-10(13)3-9-16/h10-11H,2-9H2,1H3,(H,14,17). The second-order valence-corrected chi connectivity index (χ2v) is 5.19. The minimum Gasteiger partial charge on any atom is -0.335 e. The average Bonchev–Trinajstić information content (AvgIpc) is 2.33. The number of hydrogen-bond acceptors (Lipinski definition) is 2. The number of nitrogens with zero attached hydrogens (tertiary/aromatic N) is 2. The SMILES string of the molecule is CN1CCC(NC(=O)N2CCC(F)CC2)CC1. The van der Waals surface area contributed by atoms with E-state index in [1.165, 1.54) is 0 Å². The number of amides is 2. The highest BCUT2D eigenvalue weighted by molar-refractivity contribution is 5.74. The van der Waals surface area contributed by atoms with E-state index in [2.05, 4.69) is 17.3 Å². The minimum absolute atomic E-state index is 0.00791. The van der Waals surface area contributed by atoms with E-state index in [9.17, 15) is 9.18 Å². The molecule has 4 nitrogen and oxygen atoms in total. The Kier molecular flexibility index (Phi) is 4.20. The zero-order valence-corrected chi connectivity index (χ0v) is 10.5. The number of carbonyl (C=O) groups excluding carboxylic acids is 1. The van der Waals surface area contributed by atoms with Crippen LogP contribution in [0, 0.1) is 0 Å². The van der Waals surface area contributed by atoms with Crippen molar-refractivity contribution in [1.29, 1.82) is 0 Å². The number of urea groups is 1. The van der Waals surface area contributed by atoms with Crippen molar-refractivity contribution in [2.75, 3.05) is 33.2 Å². The molecule has 0 spiro atoms. The summed E-state index contributed by atoms with van der Waals surface area (Å²) in [5.74, 6) is 0. The van der Waals surface area contributed by atoms with E-state index in [4.69, 9.17) is 0 Å². The maximum atomic E-state index is 13.0. The van der Waals surface area contributed by atoms with Crippen molar-refractivity contribution in [2.45, 2.75) is 37.9 Å². The summed E-state index contributed by atoms with van der Waals surface area (Å²) in [5.41, 5.74) is 0. The number of carbonyl (C=O) groups is 1. The summed E-state index contributed by atoms with van der Waals surface area (Å²) in [6, 6.07) is 0.285. The molecule has 2 amide bonds. The van der Waals surface area contributed by atoms with Crippen LogP contribution in [-0.2, 0) is 0 Å². The van der Waals surface area contributed by atoms with Crippen molar-refractivity contribution in [3.63, 3.8) is 0 Å². The zero-order valence-electron chi connectivity index (χ0n) is 10.5. The first-order valence-corrected chi connectivity index (χ1v) is 6.53. The molecule has 0 bridgehead atoms. The fourth-order valence-corrected chi connectivity index (χ4v) is 2.47. The van der Waals surface area contributed by atoms with Crippen molar-refractivity contribution in [2.24, 2.45) is 0 Å². The van der Waals surface area contributed by atoms with Gasteiger partial charge in [-0.3, -0.25) is 0 Å². The van der Waals surface area contributed by atoms with E-state index in [1.54, 1.807) is 4.90 Å². The van der Waals surface area contributed by atoms with Gasteiger partial charge >= 0.3 is 6.03 Å². The lowest BCUT2D eigenvalue weighted by Crippen LogP contribution is -2.50. The van der Waals surface area contributed by atoms with Gasteiger partial charge in [0.05, 0.1) is 0 Å². The van der Waals surface area contributed by atoms with Crippen LogP contribution in [0.4, 0.5) is 9.18 Å². The van der Waals surface area contributed by atoms with Gasteiger partial charge < -0.3 is 15.1 Å². The predicted octanol–water partition coefficient (Wildman–Crippen LogP) is 1.22. The molecule has 2 aliphatic rings. The monoisotopic (exact) mass is 243 g/mol. The van der Waals surface area contributed by atoms with Gasteiger partial charge in [0.25, 0.3) is 0 Å². The molecule has 0 aliphatic carbocycles. The molecule has 0 aromatic heterocycles. The van der Waals surface area contributed by atoms with Gasteiger partial charge in [0.2, 0.25) is 0 Å². The van der Waals surface area contributed by atoms with Crippen LogP contribution in [0.5, 0.6) is 0 Å². The van der Waals surface area contributed by atoms with E-state index >= 15 is 0 Å². The molecular weight excluding hydrogens is 221 g/mol. The highest BCUT2D eigenvalue weighted by atomic mass is 19.1. The molecule has 2 aliphatic heterocycles. The van der Waals surface area contributed by atoms with Crippen LogP contribution in [0.3, 0.4) is 0 Å². The first kappa shape index (κ1) is 12.6. The van der Waals surface area contributed by atoms with Crippen molar-refractivity contribution in [1.82, 2.24) is 15.1 Å². The summed E-state index contributed by atoms with van der Waals surface area (Å²) in [4.78, 5) is 16.0. The van der Waals surface area contributed by atoms with Crippen LogP contribution >= 0.6 is 0 Å². The van der Waals surface area contributed by atoms with E-state index in [0.717, 1.165) is 25.9 Å². The van der Waals surface area contributed by atoms with Crippen LogP contribution < -0.4 is 5.32 Å². The summed E-state index contributed by atoms with van der Waals surface area (Å²) >= 11 is 0. The third-order valence-electron chi connectivity index (χ3n) is 3.76. The molecule has 0 atom stereocenters. The molecule has 0 aromatic rings. The van der Waals surface area contributed by atoms with E-state index in [1.807, 2.05) is 0 Å². The Morgan fingerprint density at radius 3 is 2.29 bits per heavy atom. The summed E-state index contributed by atoms with van der Waals surface area (Å²) < 4.78 is 13.0. The van der Waals surface area contributed by atoms with E-state index in [-0.39, 0.29) is 6.03 Å². The van der Waals surface area contributed by atoms with Crippen molar-refractivity contribution in [3.8, 4) is 0 Å². The largest absolute Gasteiger partial charge is 0.335 e. The van der Waals surface area contributed by atoms with Gasteiger partial charge in [-0.15, -0.1) is 0 Å². The number of rotatable bonds is 1. The molecule has 2 rings (SSSR count). The second kappa shape index (κ2) is 5.67. The highest BCUT2D eigenvalue weighted by Crippen LogP contribution is 2.14. The van der Waals surface area contributed by atoms with E-state index in [0.29, 0.717) is 32.0 Å². The summed E-state index contributed by atoms with van der Waals surface area (Å²) in [6.45, 7) is 3.19. The number of likely N-dealkylation sites (tertiary alicyclic amines) is 2. The highest BCUT2D eigenvalue weighted by Gasteiger charge is 2.25. The number of nitrogens with one attached hydrogen (secondary N) is 1. The van der Waals surface area contributed by atoms with Crippen LogP contribution in [0.2, 0.25) is 0 Å². The molecule has 2 saturated heterocycles. The Hall–Kier alpha value is -0.840. The van der Waals surface area contributed by atoms with Gasteiger partial charge in [0.15, 0.2) is 0 Å². The molecule has 2 heterocycles. The summed E-state index contributed by atoms with van der Waals surface area (Å²) in [6.07, 6.45) is 2.29. The molecular formula is C12H22FN3O. The number of piperidine rings is 2. The normalized spacial score (nSPS) is 24.9. The molecule has 1 N–H and O–H groups in total. The summed E-state index contributed by atoms with van der Waals surface area (Å²) in [7, 11) is 2.10. The van der Waals surface area contributed by atoms with Crippen molar-refractivity contribution in [3.05, 3.63) is 0 Å². The molecule has 0 saturated carbocycles. The number of halogens is 1. The molecule has 98 valence electrons. The van der Waals surface area contributed by atoms with Gasteiger partial charge in [0.1, 0.15) is 6.17 Å². The van der Waals surface area contributed by atoms with Crippen LogP contribution in [0.25, 0.3) is 0 Å². The fraction of sp³-hybridized carbons (Fsp3) is 0.917. The predicted molar refractivity (Wildman–Crippen MR) is 64.8 cm³/mol. The topological polar surface area (TPSA) is 35.6 Å². The second-order valence-electron chi connectivity index (χ2n) is 5.19.